The molecule has 5 nitrogen and oxygen atoms in total. The van der Waals surface area contributed by atoms with Gasteiger partial charge in [-0.05, 0) is 37.0 Å². The van der Waals surface area contributed by atoms with Gasteiger partial charge in [-0.2, -0.15) is 0 Å². The van der Waals surface area contributed by atoms with E-state index >= 15 is 0 Å². The Morgan fingerprint density at radius 1 is 0.968 bits per heavy atom. The maximum absolute atomic E-state index is 12.6. The topological polar surface area (TPSA) is 63.6 Å². The number of fused-ring (bicyclic) bond motifs is 1. The van der Waals surface area contributed by atoms with E-state index in [-0.39, 0.29) is 11.4 Å². The smallest absolute Gasteiger partial charge is 0.254 e. The molecule has 4 aromatic rings. The molecular formula is C26H26N4O. The molecule has 2 aromatic carbocycles. The summed E-state index contributed by atoms with van der Waals surface area (Å²) in [4.78, 5) is 19.1. The molecule has 1 fully saturated rings. The van der Waals surface area contributed by atoms with Gasteiger partial charge in [-0.1, -0.05) is 54.6 Å². The minimum atomic E-state index is -0.179. The number of benzene rings is 2. The first-order valence-electron chi connectivity index (χ1n) is 10.7. The first-order valence-corrected chi connectivity index (χ1v) is 10.7. The summed E-state index contributed by atoms with van der Waals surface area (Å²) >= 11 is 0. The molecule has 1 aliphatic carbocycles. The maximum Gasteiger partial charge on any atom is 0.254 e. The van der Waals surface area contributed by atoms with Crippen molar-refractivity contribution in [1.82, 2.24) is 14.3 Å². The minimum absolute atomic E-state index is 0.0331. The summed E-state index contributed by atoms with van der Waals surface area (Å²) in [6.45, 7) is 0. The Morgan fingerprint density at radius 2 is 1.68 bits per heavy atom. The molecule has 0 atom stereocenters. The highest BCUT2D eigenvalue weighted by molar-refractivity contribution is 5.94. The predicted molar refractivity (Wildman–Crippen MR) is 124 cm³/mol. The van der Waals surface area contributed by atoms with Crippen molar-refractivity contribution in [3.05, 3.63) is 84.1 Å². The highest BCUT2D eigenvalue weighted by atomic mass is 16.2. The number of nitrogens with two attached hydrogens (primary N) is 1. The van der Waals surface area contributed by atoms with E-state index in [1.165, 1.54) is 12.0 Å². The predicted octanol–water partition coefficient (Wildman–Crippen LogP) is 4.71. The average Bonchev–Trinajstić information content (AvgIpc) is 3.16. The van der Waals surface area contributed by atoms with E-state index in [1.54, 1.807) is 19.0 Å². The lowest BCUT2D eigenvalue weighted by molar-refractivity contribution is 0.0827. The summed E-state index contributed by atoms with van der Waals surface area (Å²) in [6, 6.07) is 22.4. The van der Waals surface area contributed by atoms with Crippen LogP contribution in [0.25, 0.3) is 28.2 Å². The van der Waals surface area contributed by atoms with E-state index in [9.17, 15) is 4.79 Å². The lowest BCUT2D eigenvalue weighted by atomic mass is 9.72. The molecule has 5 heteroatoms. The van der Waals surface area contributed by atoms with Gasteiger partial charge in [0.2, 0.25) is 0 Å². The highest BCUT2D eigenvalue weighted by Crippen LogP contribution is 2.40. The number of aromatic nitrogens is 2. The van der Waals surface area contributed by atoms with Crippen molar-refractivity contribution >= 4 is 11.6 Å². The highest BCUT2D eigenvalue weighted by Gasteiger charge is 2.34. The fourth-order valence-electron chi connectivity index (χ4n) is 4.31. The van der Waals surface area contributed by atoms with Crippen LogP contribution in [-0.2, 0) is 5.54 Å². The van der Waals surface area contributed by atoms with Crippen LogP contribution in [0.1, 0.15) is 35.2 Å². The molecule has 0 radical (unpaired) electrons. The molecule has 2 N–H and O–H groups in total. The zero-order valence-electron chi connectivity index (χ0n) is 17.9. The standard InChI is InChI=1S/C26H26N4O/c1-29(2)25(31)20-11-14-22-28-23(24(30(22)17-20)19-7-4-3-5-8-19)18-9-12-21(13-10-18)26(27)15-6-16-26/h3-5,7-14,17H,6,15-16,27H2,1-2H3. The van der Waals surface area contributed by atoms with E-state index in [2.05, 4.69) is 36.4 Å². The van der Waals surface area contributed by atoms with Crippen LogP contribution in [0.15, 0.2) is 72.9 Å². The van der Waals surface area contributed by atoms with Crippen molar-refractivity contribution in [2.24, 2.45) is 5.73 Å². The third-order valence-electron chi connectivity index (χ3n) is 6.30. The summed E-state index contributed by atoms with van der Waals surface area (Å²) in [6.07, 6.45) is 5.16. The third-order valence-corrected chi connectivity index (χ3v) is 6.30. The summed E-state index contributed by atoms with van der Waals surface area (Å²) < 4.78 is 2.02. The molecule has 31 heavy (non-hydrogen) atoms. The Hall–Kier alpha value is -3.44. The van der Waals surface area contributed by atoms with Gasteiger partial charge in [0, 0.05) is 37.0 Å². The second kappa shape index (κ2) is 7.36. The van der Waals surface area contributed by atoms with Crippen molar-refractivity contribution in [2.45, 2.75) is 24.8 Å². The van der Waals surface area contributed by atoms with Gasteiger partial charge in [0.1, 0.15) is 5.65 Å². The lowest BCUT2D eigenvalue weighted by Gasteiger charge is -2.38. The van der Waals surface area contributed by atoms with Gasteiger partial charge >= 0.3 is 0 Å². The van der Waals surface area contributed by atoms with Crippen molar-refractivity contribution in [2.75, 3.05) is 14.1 Å². The molecule has 2 heterocycles. The van der Waals surface area contributed by atoms with Crippen LogP contribution in [0.2, 0.25) is 0 Å². The molecule has 0 bridgehead atoms. The van der Waals surface area contributed by atoms with Crippen molar-refractivity contribution < 1.29 is 4.79 Å². The Balaban J connectivity index is 1.68. The molecule has 0 aliphatic heterocycles. The number of imidazole rings is 1. The van der Waals surface area contributed by atoms with E-state index in [4.69, 9.17) is 10.7 Å². The number of pyridine rings is 1. The van der Waals surface area contributed by atoms with Crippen LogP contribution >= 0.6 is 0 Å². The van der Waals surface area contributed by atoms with Crippen molar-refractivity contribution in [3.8, 4) is 22.5 Å². The van der Waals surface area contributed by atoms with Gasteiger partial charge in [0.05, 0.1) is 17.0 Å². The Bertz CT molecular complexity index is 1250. The second-order valence-electron chi connectivity index (χ2n) is 8.61. The average molecular weight is 411 g/mol. The molecule has 1 saturated carbocycles. The largest absolute Gasteiger partial charge is 0.345 e. The van der Waals surface area contributed by atoms with E-state index < -0.39 is 0 Å². The first-order chi connectivity index (χ1) is 15.0. The van der Waals surface area contributed by atoms with Crippen LogP contribution in [0.5, 0.6) is 0 Å². The van der Waals surface area contributed by atoms with Crippen LogP contribution in [0.3, 0.4) is 0 Å². The number of amides is 1. The number of nitrogens with zero attached hydrogens (tertiary/aromatic N) is 3. The monoisotopic (exact) mass is 410 g/mol. The second-order valence-corrected chi connectivity index (χ2v) is 8.61. The van der Waals surface area contributed by atoms with E-state index in [1.807, 2.05) is 40.9 Å². The van der Waals surface area contributed by atoms with Gasteiger partial charge in [-0.25, -0.2) is 4.98 Å². The van der Waals surface area contributed by atoms with Crippen molar-refractivity contribution in [3.63, 3.8) is 0 Å². The maximum atomic E-state index is 12.6. The van der Waals surface area contributed by atoms with Gasteiger partial charge < -0.3 is 10.6 Å². The van der Waals surface area contributed by atoms with Gasteiger partial charge in [0.25, 0.3) is 5.91 Å². The molecule has 0 spiro atoms. The van der Waals surface area contributed by atoms with Gasteiger partial charge in [0.15, 0.2) is 0 Å². The zero-order chi connectivity index (χ0) is 21.6. The summed E-state index contributed by atoms with van der Waals surface area (Å²) in [5, 5.41) is 0. The number of carbonyl (C=O) groups excluding carboxylic acids is 1. The minimum Gasteiger partial charge on any atom is -0.345 e. The molecule has 5 rings (SSSR count). The molecule has 1 amide bonds. The molecule has 0 unspecified atom stereocenters. The zero-order valence-corrected chi connectivity index (χ0v) is 17.9. The van der Waals surface area contributed by atoms with Crippen molar-refractivity contribution in [1.29, 1.82) is 0 Å². The number of rotatable bonds is 4. The fraction of sp³-hybridized carbons (Fsp3) is 0.231. The molecule has 2 aromatic heterocycles. The van der Waals surface area contributed by atoms with Crippen LogP contribution in [0.4, 0.5) is 0 Å². The molecule has 156 valence electrons. The van der Waals surface area contributed by atoms with Crippen LogP contribution in [-0.4, -0.2) is 34.3 Å². The Kier molecular flexibility index (Phi) is 4.63. The molecule has 1 aliphatic rings. The summed E-state index contributed by atoms with van der Waals surface area (Å²) in [7, 11) is 3.52. The molecule has 0 saturated heterocycles. The van der Waals surface area contributed by atoms with E-state index in [0.717, 1.165) is 41.0 Å². The lowest BCUT2D eigenvalue weighted by Crippen LogP contribution is -2.43. The number of carbonyl (C=O) groups is 1. The number of hydrogen-bond acceptors (Lipinski definition) is 3. The Labute approximate surface area is 182 Å². The Morgan fingerprint density at radius 3 is 2.29 bits per heavy atom. The fourth-order valence-corrected chi connectivity index (χ4v) is 4.31. The SMILES string of the molecule is CN(C)C(=O)c1ccc2nc(-c3ccc(C4(N)CCC4)cc3)c(-c3ccccc3)n2c1. The third kappa shape index (κ3) is 3.31. The number of hydrogen-bond donors (Lipinski definition) is 1. The first kappa shape index (κ1) is 19.5. The van der Waals surface area contributed by atoms with Gasteiger partial charge in [-0.15, -0.1) is 0 Å². The van der Waals surface area contributed by atoms with Crippen LogP contribution < -0.4 is 5.73 Å². The normalized spacial score (nSPS) is 14.9. The quantitative estimate of drug-likeness (QED) is 0.530. The summed E-state index contributed by atoms with van der Waals surface area (Å²) in [5.74, 6) is -0.0331. The van der Waals surface area contributed by atoms with Gasteiger partial charge in [-0.3, -0.25) is 9.20 Å². The van der Waals surface area contributed by atoms with E-state index in [0.29, 0.717) is 5.56 Å². The summed E-state index contributed by atoms with van der Waals surface area (Å²) in [5.41, 5.74) is 12.9. The van der Waals surface area contributed by atoms with Crippen LogP contribution in [0, 0.1) is 0 Å². The molecular weight excluding hydrogens is 384 g/mol.